The van der Waals surface area contributed by atoms with Gasteiger partial charge in [0.05, 0.1) is 0 Å². The normalized spacial score (nSPS) is 20.4. The molecule has 0 aliphatic carbocycles. The lowest BCUT2D eigenvalue weighted by atomic mass is 9.74. The van der Waals surface area contributed by atoms with Gasteiger partial charge in [-0.25, -0.2) is 9.79 Å². The van der Waals surface area contributed by atoms with Gasteiger partial charge in [0, 0.05) is 17.9 Å². The summed E-state index contributed by atoms with van der Waals surface area (Å²) in [5, 5.41) is 0. The van der Waals surface area contributed by atoms with Crippen LogP contribution in [0, 0.1) is 0 Å². The highest BCUT2D eigenvalue weighted by atomic mass is 16.6. The summed E-state index contributed by atoms with van der Waals surface area (Å²) in [6.07, 6.45) is 1.56. The van der Waals surface area contributed by atoms with E-state index in [9.17, 15) is 9.59 Å². The highest BCUT2D eigenvalue weighted by Gasteiger charge is 2.52. The lowest BCUT2D eigenvalue weighted by Crippen LogP contribution is -2.41. The molecular weight excluding hydrogens is 326 g/mol. The third-order valence-electron chi connectivity index (χ3n) is 4.77. The second-order valence-corrected chi connectivity index (χ2v) is 6.72. The van der Waals surface area contributed by atoms with Crippen LogP contribution in [0.15, 0.2) is 65.7 Å². The minimum absolute atomic E-state index is 0.0329. The van der Waals surface area contributed by atoms with Gasteiger partial charge in [-0.15, -0.1) is 0 Å². The Morgan fingerprint density at radius 2 is 1.69 bits per heavy atom. The fourth-order valence-electron chi connectivity index (χ4n) is 3.60. The van der Waals surface area contributed by atoms with Crippen LogP contribution >= 0.6 is 0 Å². The predicted octanol–water partition coefficient (Wildman–Crippen LogP) is 4.29. The molecule has 4 nitrogen and oxygen atoms in total. The summed E-state index contributed by atoms with van der Waals surface area (Å²) in [4.78, 5) is 29.8. The van der Waals surface area contributed by atoms with E-state index in [4.69, 9.17) is 9.73 Å². The number of benzene rings is 2. The van der Waals surface area contributed by atoms with Crippen molar-refractivity contribution in [1.82, 2.24) is 0 Å². The van der Waals surface area contributed by atoms with Crippen molar-refractivity contribution in [2.24, 2.45) is 4.99 Å². The molecule has 2 aromatic rings. The van der Waals surface area contributed by atoms with Crippen molar-refractivity contribution in [2.45, 2.75) is 44.6 Å². The number of carbonyl (C=O) groups excluding carboxylic acids is 2. The molecule has 0 aromatic heterocycles. The van der Waals surface area contributed by atoms with Gasteiger partial charge in [0.2, 0.25) is 5.90 Å². The van der Waals surface area contributed by atoms with Gasteiger partial charge < -0.3 is 9.53 Å². The first-order chi connectivity index (χ1) is 12.6. The van der Waals surface area contributed by atoms with Crippen LogP contribution in [0.2, 0.25) is 0 Å². The standard InChI is InChI=1S/C22H23NO3/c1-3-14-22(19(15-16(2)24)17-10-6-4-7-11-17)21(25)26-20(23-22)18-12-8-5-9-13-18/h4-13,19H,3,14-15H2,1-2H3/t19-,22+/m0/s1. The van der Waals surface area contributed by atoms with Crippen molar-refractivity contribution in [2.75, 3.05) is 0 Å². The van der Waals surface area contributed by atoms with Gasteiger partial charge in [0.1, 0.15) is 5.78 Å². The summed E-state index contributed by atoms with van der Waals surface area (Å²) in [5.41, 5.74) is 0.645. The SMILES string of the molecule is CCC[C@]1([C@@H](CC(C)=O)c2ccccc2)N=C(c2ccccc2)OC1=O. The number of ether oxygens (including phenoxy) is 1. The molecule has 3 rings (SSSR count). The quantitative estimate of drug-likeness (QED) is 0.701. The molecule has 0 N–H and O–H groups in total. The number of rotatable bonds is 7. The summed E-state index contributed by atoms with van der Waals surface area (Å²) in [6.45, 7) is 3.57. The van der Waals surface area contributed by atoms with Crippen molar-refractivity contribution in [1.29, 1.82) is 0 Å². The van der Waals surface area contributed by atoms with Gasteiger partial charge >= 0.3 is 5.97 Å². The van der Waals surface area contributed by atoms with Gasteiger partial charge in [-0.3, -0.25) is 0 Å². The Morgan fingerprint density at radius 3 is 2.27 bits per heavy atom. The predicted molar refractivity (Wildman–Crippen MR) is 101 cm³/mol. The van der Waals surface area contributed by atoms with Crippen molar-refractivity contribution < 1.29 is 14.3 Å². The zero-order chi connectivity index (χ0) is 18.6. The Morgan fingerprint density at radius 1 is 1.08 bits per heavy atom. The van der Waals surface area contributed by atoms with E-state index in [2.05, 4.69) is 0 Å². The number of carbonyl (C=O) groups is 2. The molecule has 134 valence electrons. The number of Topliss-reactive ketones (excluding diaryl/α,β-unsaturated/α-hetero) is 1. The van der Waals surface area contributed by atoms with Crippen LogP contribution < -0.4 is 0 Å². The van der Waals surface area contributed by atoms with Crippen molar-refractivity contribution in [3.8, 4) is 0 Å². The molecule has 0 fully saturated rings. The summed E-state index contributed by atoms with van der Waals surface area (Å²) in [7, 11) is 0. The van der Waals surface area contributed by atoms with Crippen LogP contribution in [0.5, 0.6) is 0 Å². The molecule has 2 aromatic carbocycles. The van der Waals surface area contributed by atoms with Crippen molar-refractivity contribution >= 4 is 17.7 Å². The van der Waals surface area contributed by atoms with Gasteiger partial charge in [-0.05, 0) is 31.0 Å². The monoisotopic (exact) mass is 349 g/mol. The lowest BCUT2D eigenvalue weighted by Gasteiger charge is -2.31. The first kappa shape index (κ1) is 18.1. The third-order valence-corrected chi connectivity index (χ3v) is 4.77. The van der Waals surface area contributed by atoms with E-state index in [-0.39, 0.29) is 24.1 Å². The first-order valence-electron chi connectivity index (χ1n) is 8.98. The zero-order valence-corrected chi connectivity index (χ0v) is 15.1. The maximum absolute atomic E-state index is 13.0. The third kappa shape index (κ3) is 3.45. The molecule has 0 saturated carbocycles. The van der Waals surface area contributed by atoms with Crippen LogP contribution in [-0.2, 0) is 14.3 Å². The van der Waals surface area contributed by atoms with E-state index in [1.54, 1.807) is 6.92 Å². The molecular formula is C22H23NO3. The van der Waals surface area contributed by atoms with Crippen LogP contribution in [0.4, 0.5) is 0 Å². The Bertz CT molecular complexity index is 814. The van der Waals surface area contributed by atoms with Crippen LogP contribution in [0.25, 0.3) is 0 Å². The van der Waals surface area contributed by atoms with Gasteiger partial charge in [0.15, 0.2) is 5.54 Å². The van der Waals surface area contributed by atoms with E-state index in [0.717, 1.165) is 17.5 Å². The highest BCUT2D eigenvalue weighted by molar-refractivity contribution is 6.08. The topological polar surface area (TPSA) is 55.7 Å². The molecule has 4 heteroatoms. The lowest BCUT2D eigenvalue weighted by molar-refractivity contribution is -0.140. The number of aliphatic imine (C=N–C) groups is 1. The van der Waals surface area contributed by atoms with E-state index in [1.807, 2.05) is 67.6 Å². The van der Waals surface area contributed by atoms with Crippen LogP contribution in [0.3, 0.4) is 0 Å². The average molecular weight is 349 g/mol. The van der Waals surface area contributed by atoms with Crippen LogP contribution in [-0.4, -0.2) is 23.2 Å². The molecule has 1 heterocycles. The Kier molecular flexibility index (Phi) is 5.31. The summed E-state index contributed by atoms with van der Waals surface area (Å²) in [6, 6.07) is 19.1. The van der Waals surface area contributed by atoms with E-state index >= 15 is 0 Å². The number of nitrogens with zero attached hydrogens (tertiary/aromatic N) is 1. The minimum Gasteiger partial charge on any atom is -0.405 e. The molecule has 0 bridgehead atoms. The van der Waals surface area contributed by atoms with Gasteiger partial charge in [-0.1, -0.05) is 61.9 Å². The molecule has 1 aliphatic rings. The number of ketones is 1. The fourth-order valence-corrected chi connectivity index (χ4v) is 3.60. The zero-order valence-electron chi connectivity index (χ0n) is 15.1. The Labute approximate surface area is 153 Å². The van der Waals surface area contributed by atoms with Crippen LogP contribution in [0.1, 0.15) is 50.2 Å². The maximum Gasteiger partial charge on any atom is 0.341 e. The fraction of sp³-hybridized carbons (Fsp3) is 0.318. The number of esters is 1. The van der Waals surface area contributed by atoms with E-state index in [0.29, 0.717) is 12.3 Å². The second kappa shape index (κ2) is 7.65. The maximum atomic E-state index is 13.0. The second-order valence-electron chi connectivity index (χ2n) is 6.72. The molecule has 26 heavy (non-hydrogen) atoms. The van der Waals surface area contributed by atoms with E-state index < -0.39 is 5.54 Å². The van der Waals surface area contributed by atoms with Gasteiger partial charge in [-0.2, -0.15) is 0 Å². The first-order valence-corrected chi connectivity index (χ1v) is 8.98. The molecule has 2 atom stereocenters. The molecule has 0 radical (unpaired) electrons. The molecule has 0 spiro atoms. The molecule has 1 aliphatic heterocycles. The Balaban J connectivity index is 2.11. The Hall–Kier alpha value is -2.75. The summed E-state index contributed by atoms with van der Waals surface area (Å²) < 4.78 is 5.60. The molecule has 0 amide bonds. The highest BCUT2D eigenvalue weighted by Crippen LogP contribution is 2.42. The molecule has 0 unspecified atom stereocenters. The number of hydrogen-bond acceptors (Lipinski definition) is 4. The minimum atomic E-state index is -1.06. The summed E-state index contributed by atoms with van der Waals surface area (Å²) >= 11 is 0. The smallest absolute Gasteiger partial charge is 0.341 e. The average Bonchev–Trinajstić information content (AvgIpc) is 2.99. The van der Waals surface area contributed by atoms with Crippen molar-refractivity contribution in [3.05, 3.63) is 71.8 Å². The number of cyclic esters (lactones) is 1. The van der Waals surface area contributed by atoms with Crippen molar-refractivity contribution in [3.63, 3.8) is 0 Å². The summed E-state index contributed by atoms with van der Waals surface area (Å²) in [5.74, 6) is -0.331. The van der Waals surface area contributed by atoms with E-state index in [1.165, 1.54) is 0 Å². The molecule has 0 saturated heterocycles. The largest absolute Gasteiger partial charge is 0.405 e. The van der Waals surface area contributed by atoms with Gasteiger partial charge in [0.25, 0.3) is 0 Å². The number of hydrogen-bond donors (Lipinski definition) is 0.